The van der Waals surface area contributed by atoms with Crippen LogP contribution in [0.4, 0.5) is 27.5 Å². The van der Waals surface area contributed by atoms with Crippen LogP contribution in [-0.4, -0.2) is 116 Å². The first-order chi connectivity index (χ1) is 29.8. The highest BCUT2D eigenvalue weighted by atomic mass is 79.9. The fraction of sp³-hybridized carbons (Fsp3) is 0.425. The van der Waals surface area contributed by atoms with Gasteiger partial charge in [0.2, 0.25) is 29.6 Å². The monoisotopic (exact) mass is 939 g/mol. The number of amides is 7. The molecule has 7 amide bonds. The van der Waals surface area contributed by atoms with E-state index in [0.717, 1.165) is 17.4 Å². The number of nitrogens with zero attached hydrogens (tertiary/aromatic N) is 4. The van der Waals surface area contributed by atoms with Gasteiger partial charge in [0.05, 0.1) is 33.4 Å². The third kappa shape index (κ3) is 11.6. The van der Waals surface area contributed by atoms with Gasteiger partial charge in [-0.2, -0.15) is 4.98 Å². The maximum absolute atomic E-state index is 14.2. The van der Waals surface area contributed by atoms with E-state index in [4.69, 9.17) is 5.73 Å². The predicted molar refractivity (Wildman–Crippen MR) is 230 cm³/mol. The summed E-state index contributed by atoms with van der Waals surface area (Å²) in [7, 11) is 0. The number of aromatic nitrogens is 2. The Morgan fingerprint density at radius 1 is 0.919 bits per heavy atom. The van der Waals surface area contributed by atoms with E-state index in [2.05, 4.69) is 57.8 Å². The summed E-state index contributed by atoms with van der Waals surface area (Å²) in [6.45, 7) is 2.18. The van der Waals surface area contributed by atoms with Gasteiger partial charge < -0.3 is 36.9 Å². The first-order valence-corrected chi connectivity index (χ1v) is 22.3. The molecule has 0 bridgehead atoms. The Bertz CT molecular complexity index is 2210. The minimum atomic E-state index is -1.32. The first kappa shape index (κ1) is 45.8. The zero-order valence-corrected chi connectivity index (χ0v) is 36.0. The molecule has 2 aromatic carbocycles. The SMILES string of the molecule is NC(=O)c1c(F)cccc1Nc1nc(NC2CCN([S+]([O-])CCNC(=O)CCC(=O)NCCCCCNc3cccc4c3C(=O)N(C3CCC(=O)NC3=O)C4=O)CC2)ncc1Br. The van der Waals surface area contributed by atoms with Crippen LogP contribution in [0.1, 0.15) is 88.9 Å². The summed E-state index contributed by atoms with van der Waals surface area (Å²) in [5.74, 6) is -3.66. The van der Waals surface area contributed by atoms with Gasteiger partial charge >= 0.3 is 0 Å². The second kappa shape index (κ2) is 21.4. The molecule has 4 heterocycles. The summed E-state index contributed by atoms with van der Waals surface area (Å²) >= 11 is 2.04. The number of primary amides is 1. The highest BCUT2D eigenvalue weighted by molar-refractivity contribution is 9.10. The number of fused-ring (bicyclic) bond motifs is 1. The van der Waals surface area contributed by atoms with Gasteiger partial charge in [-0.25, -0.2) is 9.37 Å². The smallest absolute Gasteiger partial charge is 0.264 e. The summed E-state index contributed by atoms with van der Waals surface area (Å²) in [5.41, 5.74) is 6.12. The van der Waals surface area contributed by atoms with Crippen molar-refractivity contribution in [3.05, 3.63) is 69.6 Å². The minimum Gasteiger partial charge on any atom is -0.598 e. The number of benzene rings is 2. The van der Waals surface area contributed by atoms with E-state index in [1.54, 1.807) is 12.1 Å². The molecule has 2 saturated heterocycles. The minimum absolute atomic E-state index is 0.00700. The van der Waals surface area contributed by atoms with E-state index in [1.165, 1.54) is 24.4 Å². The molecule has 0 saturated carbocycles. The van der Waals surface area contributed by atoms with Gasteiger partial charge in [0.1, 0.15) is 23.4 Å². The van der Waals surface area contributed by atoms with Crippen LogP contribution in [0.2, 0.25) is 0 Å². The molecule has 0 aliphatic carbocycles. The summed E-state index contributed by atoms with van der Waals surface area (Å²) < 4.78 is 29.5. The molecule has 0 spiro atoms. The highest BCUT2D eigenvalue weighted by Crippen LogP contribution is 2.33. The standard InChI is InChI=1S/C40H47BrFN11O8S/c41-25-22-47-40(51-36(25)49-28-9-5-7-26(42)34(28)35(43)57)48-23-14-19-52(20-15-23)62(61)21-18-46-31(55)13-12-30(54)45-17-3-1-2-16-44-27-8-4-6-24-33(27)39(60)53(38(24)59)29-10-11-32(56)50-37(29)58/h4-9,22-23,29,44H,1-3,10-21H2,(H2,43,57)(H,45,54)(H,46,55)(H,50,56,58)(H2,47,48,49,51). The van der Waals surface area contributed by atoms with Crippen molar-refractivity contribution in [1.29, 1.82) is 0 Å². The second-order valence-electron chi connectivity index (χ2n) is 14.8. The molecule has 3 aliphatic rings. The molecular weight excluding hydrogens is 893 g/mol. The summed E-state index contributed by atoms with van der Waals surface area (Å²) in [6.07, 6.45) is 5.09. The molecule has 2 fully saturated rings. The maximum Gasteiger partial charge on any atom is 0.264 e. The van der Waals surface area contributed by atoms with Gasteiger partial charge in [-0.1, -0.05) is 12.1 Å². The molecule has 1 aromatic heterocycles. The van der Waals surface area contributed by atoms with Gasteiger partial charge in [0.25, 0.3) is 17.7 Å². The molecule has 22 heteroatoms. The van der Waals surface area contributed by atoms with Crippen LogP contribution in [0.25, 0.3) is 0 Å². The van der Waals surface area contributed by atoms with E-state index in [0.29, 0.717) is 73.8 Å². The predicted octanol–water partition coefficient (Wildman–Crippen LogP) is 2.46. The third-order valence-electron chi connectivity index (χ3n) is 10.5. The van der Waals surface area contributed by atoms with Crippen LogP contribution in [0.15, 0.2) is 47.1 Å². The number of piperidine rings is 2. The molecule has 19 nitrogen and oxygen atoms in total. The molecule has 6 rings (SSSR count). The topological polar surface area (TPSA) is 273 Å². The van der Waals surface area contributed by atoms with Crippen molar-refractivity contribution in [2.75, 3.05) is 54.4 Å². The molecule has 3 aromatic rings. The number of carbonyl (C=O) groups excluding carboxylic acids is 7. The van der Waals surface area contributed by atoms with Crippen LogP contribution in [-0.2, 0) is 30.5 Å². The molecule has 62 heavy (non-hydrogen) atoms. The van der Waals surface area contributed by atoms with E-state index in [1.807, 2.05) is 4.31 Å². The number of nitrogens with two attached hydrogens (primary N) is 1. The number of rotatable bonds is 20. The Kier molecular flexibility index (Phi) is 15.8. The number of hydrogen-bond donors (Lipinski definition) is 7. The number of halogens is 2. The van der Waals surface area contributed by atoms with Crippen LogP contribution >= 0.6 is 15.9 Å². The van der Waals surface area contributed by atoms with Crippen molar-refractivity contribution in [1.82, 2.24) is 35.1 Å². The molecule has 3 aliphatic heterocycles. The number of nitrogens with one attached hydrogen (secondary N) is 6. The van der Waals surface area contributed by atoms with Gasteiger partial charge in [0.15, 0.2) is 0 Å². The molecule has 2 unspecified atom stereocenters. The van der Waals surface area contributed by atoms with Crippen molar-refractivity contribution in [3.8, 4) is 0 Å². The van der Waals surface area contributed by atoms with E-state index in [9.17, 15) is 42.5 Å². The van der Waals surface area contributed by atoms with Crippen molar-refractivity contribution >= 4 is 91.8 Å². The largest absolute Gasteiger partial charge is 0.598 e. The van der Waals surface area contributed by atoms with Crippen LogP contribution in [0.3, 0.4) is 0 Å². The molecule has 330 valence electrons. The molecule has 2 atom stereocenters. The maximum atomic E-state index is 14.2. The fourth-order valence-corrected chi connectivity index (χ4v) is 8.71. The summed E-state index contributed by atoms with van der Waals surface area (Å²) in [5, 5.41) is 17.1. The van der Waals surface area contributed by atoms with Gasteiger partial charge in [-0.15, -0.1) is 4.31 Å². The normalized spacial score (nSPS) is 17.3. The van der Waals surface area contributed by atoms with Crippen molar-refractivity contribution < 1.29 is 42.5 Å². The second-order valence-corrected chi connectivity index (χ2v) is 17.2. The number of anilines is 4. The third-order valence-corrected chi connectivity index (χ3v) is 12.5. The van der Waals surface area contributed by atoms with E-state index >= 15 is 0 Å². The average molecular weight is 941 g/mol. The lowest BCUT2D eigenvalue weighted by Crippen LogP contribution is -2.54. The quantitative estimate of drug-likeness (QED) is 0.0488. The Labute approximate surface area is 367 Å². The van der Waals surface area contributed by atoms with Crippen molar-refractivity contribution in [2.24, 2.45) is 5.73 Å². The van der Waals surface area contributed by atoms with Crippen LogP contribution < -0.4 is 37.6 Å². The van der Waals surface area contributed by atoms with E-state index < -0.39 is 52.8 Å². The van der Waals surface area contributed by atoms with Gasteiger partial charge in [-0.3, -0.25) is 43.8 Å². The van der Waals surface area contributed by atoms with Crippen LogP contribution in [0.5, 0.6) is 0 Å². The Hall–Kier alpha value is -5.71. The zero-order chi connectivity index (χ0) is 44.3. The fourth-order valence-electron chi connectivity index (χ4n) is 7.27. The number of unbranched alkanes of at least 4 members (excludes halogenated alkanes) is 2. The molecule has 8 N–H and O–H groups in total. The zero-order valence-electron chi connectivity index (χ0n) is 33.6. The Morgan fingerprint density at radius 2 is 1.61 bits per heavy atom. The van der Waals surface area contributed by atoms with Gasteiger partial charge in [0, 0.05) is 74.7 Å². The number of hydrogen-bond acceptors (Lipinski definition) is 14. The highest BCUT2D eigenvalue weighted by Gasteiger charge is 2.45. The van der Waals surface area contributed by atoms with Crippen molar-refractivity contribution in [2.45, 2.75) is 69.9 Å². The molecular formula is C40H47BrFN11O8S. The average Bonchev–Trinajstić information content (AvgIpc) is 3.49. The number of imide groups is 2. The van der Waals surface area contributed by atoms with Gasteiger partial charge in [-0.05, 0) is 78.7 Å². The lowest BCUT2D eigenvalue weighted by atomic mass is 10.0. The first-order valence-electron chi connectivity index (χ1n) is 20.2. The summed E-state index contributed by atoms with van der Waals surface area (Å²) in [6, 6.07) is 7.94. The van der Waals surface area contributed by atoms with Crippen molar-refractivity contribution in [3.63, 3.8) is 0 Å². The Morgan fingerprint density at radius 3 is 2.34 bits per heavy atom. The summed E-state index contributed by atoms with van der Waals surface area (Å²) in [4.78, 5) is 96.4. The Balaban J connectivity index is 0.810. The lowest BCUT2D eigenvalue weighted by Gasteiger charge is -2.32. The molecule has 0 radical (unpaired) electrons. The number of carbonyl (C=O) groups is 7. The lowest BCUT2D eigenvalue weighted by molar-refractivity contribution is -0.136. The van der Waals surface area contributed by atoms with E-state index in [-0.39, 0.29) is 78.2 Å². The van der Waals surface area contributed by atoms with Crippen LogP contribution in [0, 0.1) is 5.82 Å².